The van der Waals surface area contributed by atoms with Crippen LogP contribution in [0.4, 0.5) is 5.82 Å². The highest BCUT2D eigenvalue weighted by Gasteiger charge is 2.18. The quantitative estimate of drug-likeness (QED) is 0.0276. The predicted octanol–water partition coefficient (Wildman–Crippen LogP) is 5.02. The molecule has 0 aromatic carbocycles. The van der Waals surface area contributed by atoms with Crippen molar-refractivity contribution in [3.8, 4) is 0 Å². The Hall–Kier alpha value is -3.79. The number of anilines is 1. The molecule has 2 atom stereocenters. The van der Waals surface area contributed by atoms with Crippen molar-refractivity contribution in [2.45, 2.75) is 84.3 Å². The number of allylic oxidation sites excluding steroid dienone is 3. The highest BCUT2D eigenvalue weighted by molar-refractivity contribution is 5.88. The Morgan fingerprint density at radius 2 is 1.98 bits per heavy atom. The van der Waals surface area contributed by atoms with Gasteiger partial charge >= 0.3 is 11.9 Å². The van der Waals surface area contributed by atoms with Gasteiger partial charge in [-0.25, -0.2) is 14.6 Å². The minimum absolute atomic E-state index is 0.118. The van der Waals surface area contributed by atoms with Gasteiger partial charge in [0.05, 0.1) is 18.2 Å². The van der Waals surface area contributed by atoms with Crippen molar-refractivity contribution in [2.24, 2.45) is 16.6 Å². The summed E-state index contributed by atoms with van der Waals surface area (Å²) in [6.45, 7) is 11.5. The lowest BCUT2D eigenvalue weighted by Gasteiger charge is -2.21. The van der Waals surface area contributed by atoms with E-state index in [1.54, 1.807) is 12.2 Å². The molecule has 1 rings (SSSR count). The van der Waals surface area contributed by atoms with Gasteiger partial charge in [-0.1, -0.05) is 51.8 Å². The first-order valence-electron chi connectivity index (χ1n) is 14.9. The number of aromatic amines is 1. The van der Waals surface area contributed by atoms with Gasteiger partial charge in [0, 0.05) is 19.3 Å². The molecule has 0 spiro atoms. The number of rotatable bonds is 22. The van der Waals surface area contributed by atoms with Gasteiger partial charge in [-0.2, -0.15) is 0 Å². The Bertz CT molecular complexity index is 1060. The van der Waals surface area contributed by atoms with Gasteiger partial charge in [0.15, 0.2) is 5.96 Å². The van der Waals surface area contributed by atoms with E-state index in [4.69, 9.17) is 5.73 Å². The molecule has 7 N–H and O–H groups in total. The summed E-state index contributed by atoms with van der Waals surface area (Å²) >= 11 is 0. The molecule has 0 saturated heterocycles. The van der Waals surface area contributed by atoms with Gasteiger partial charge in [-0.05, 0) is 74.3 Å². The number of guanidine groups is 1. The highest BCUT2D eigenvalue weighted by atomic mass is 16.4. The van der Waals surface area contributed by atoms with E-state index in [0.29, 0.717) is 31.7 Å². The fourth-order valence-corrected chi connectivity index (χ4v) is 4.35. The van der Waals surface area contributed by atoms with E-state index in [1.807, 2.05) is 30.5 Å². The molecule has 2 unspecified atom stereocenters. The third kappa shape index (κ3) is 15.3. The number of carboxylic acids is 2. The van der Waals surface area contributed by atoms with Crippen LogP contribution in [0, 0.1) is 5.92 Å². The zero-order valence-corrected chi connectivity index (χ0v) is 25.5. The lowest BCUT2D eigenvalue weighted by atomic mass is 10.0. The van der Waals surface area contributed by atoms with Crippen molar-refractivity contribution in [1.82, 2.24) is 10.3 Å². The van der Waals surface area contributed by atoms with Gasteiger partial charge in [-0.15, -0.1) is 6.58 Å². The van der Waals surface area contributed by atoms with Crippen molar-refractivity contribution < 1.29 is 24.9 Å². The van der Waals surface area contributed by atoms with Crippen LogP contribution in [-0.2, 0) is 9.59 Å². The number of aliphatic imine (C=N–C) groups is 1. The number of nitrogens with one attached hydrogen (secondary N) is 2. The van der Waals surface area contributed by atoms with Crippen LogP contribution in [0.2, 0.25) is 0 Å². The second-order valence-corrected chi connectivity index (χ2v) is 10.7. The van der Waals surface area contributed by atoms with Crippen molar-refractivity contribution in [2.75, 3.05) is 24.5 Å². The number of nitrogens with zero attached hydrogens (tertiary/aromatic N) is 2. The monoisotopic (exact) mass is 585 g/mol. The number of aliphatic carboxylic acids is 2. The smallest absolute Gasteiger partial charge is 0.333 e. The van der Waals surface area contributed by atoms with E-state index < -0.39 is 24.1 Å². The normalized spacial score (nSPS) is 14.3. The third-order valence-corrected chi connectivity index (χ3v) is 6.59. The average molecular weight is 586 g/mol. The van der Waals surface area contributed by atoms with Crippen LogP contribution in [0.5, 0.6) is 0 Å². The molecule has 0 aliphatic heterocycles. The van der Waals surface area contributed by atoms with Crippen LogP contribution in [0.3, 0.4) is 0 Å². The summed E-state index contributed by atoms with van der Waals surface area (Å²) in [6.07, 6.45) is 15.7. The maximum absolute atomic E-state index is 12.1. The molecule has 1 aromatic heterocycles. The molecular formula is C32H51N5O5. The van der Waals surface area contributed by atoms with E-state index in [-0.39, 0.29) is 18.1 Å². The van der Waals surface area contributed by atoms with E-state index >= 15 is 0 Å². The highest BCUT2D eigenvalue weighted by Crippen LogP contribution is 2.16. The number of nitrogens with two attached hydrogens (primary N) is 1. The maximum Gasteiger partial charge on any atom is 0.333 e. The Labute approximate surface area is 250 Å². The van der Waals surface area contributed by atoms with Crippen LogP contribution in [0.25, 0.3) is 0 Å². The molecule has 10 nitrogen and oxygen atoms in total. The topological polar surface area (TPSA) is 164 Å². The standard InChI is InChI=1S/C32H51N5O5/c1-5-7-8-9-16-28(38)26(30(39)40)18-20-35-32(33)36-27(31(41)42)23-25(14-10-13-24(3)4)15-12-22-37(21-6-2)29-17-11-19-34-29/h5,11-12,15,17-19,23-24,27-28,34,38H,1,6-10,13-14,16,20-22H2,2-4H3,(H,39,40)(H,41,42)(H3,33,35,36)/b15-12+,25-23-,26-18+. The Balaban J connectivity index is 3.01. The van der Waals surface area contributed by atoms with Crippen LogP contribution in [0.15, 0.2) is 71.4 Å². The summed E-state index contributed by atoms with van der Waals surface area (Å²) in [6, 6.07) is 2.86. The summed E-state index contributed by atoms with van der Waals surface area (Å²) in [5.41, 5.74) is 6.69. The molecule has 0 bridgehead atoms. The van der Waals surface area contributed by atoms with Gasteiger partial charge in [0.25, 0.3) is 0 Å². The van der Waals surface area contributed by atoms with Gasteiger partial charge < -0.3 is 36.3 Å². The molecule has 1 aromatic rings. The molecule has 0 aliphatic carbocycles. The molecule has 0 amide bonds. The number of hydrogen-bond acceptors (Lipinski definition) is 5. The van der Waals surface area contributed by atoms with E-state index in [1.165, 1.54) is 6.08 Å². The summed E-state index contributed by atoms with van der Waals surface area (Å²) in [5.74, 6) is -0.911. The predicted molar refractivity (Wildman–Crippen MR) is 171 cm³/mol. The second-order valence-electron chi connectivity index (χ2n) is 10.7. The number of aliphatic hydroxyl groups excluding tert-OH is 1. The largest absolute Gasteiger partial charge is 0.479 e. The Kier molecular flexibility index (Phi) is 18.1. The first kappa shape index (κ1) is 36.2. The van der Waals surface area contributed by atoms with E-state index in [9.17, 15) is 24.9 Å². The molecule has 42 heavy (non-hydrogen) atoms. The molecule has 0 saturated carbocycles. The number of hydrogen-bond donors (Lipinski definition) is 6. The Morgan fingerprint density at radius 1 is 1.21 bits per heavy atom. The zero-order valence-electron chi connectivity index (χ0n) is 25.5. The van der Waals surface area contributed by atoms with Crippen LogP contribution in [0.1, 0.15) is 72.1 Å². The lowest BCUT2D eigenvalue weighted by molar-refractivity contribution is -0.138. The molecule has 0 fully saturated rings. The molecule has 0 aliphatic rings. The molecular weight excluding hydrogens is 534 g/mol. The number of aliphatic hydroxyl groups is 1. The minimum Gasteiger partial charge on any atom is -0.479 e. The number of carboxylic acid groups (broad SMARTS) is 2. The average Bonchev–Trinajstić information content (AvgIpc) is 3.47. The second kappa shape index (κ2) is 21.0. The number of H-pyrrole nitrogens is 1. The molecule has 10 heteroatoms. The fraction of sp³-hybridized carbons (Fsp3) is 0.531. The first-order valence-corrected chi connectivity index (χ1v) is 14.9. The lowest BCUT2D eigenvalue weighted by Crippen LogP contribution is -2.43. The number of carbonyl (C=O) groups is 2. The SMILES string of the molecule is C=CCCCCC(O)/C(=C\CN=C(N)NC(/C=C(\C=C\CN(CCC)c1ccc[nH]1)CCCC(C)C)C(=O)O)C(=O)O. The van der Waals surface area contributed by atoms with Crippen LogP contribution >= 0.6 is 0 Å². The summed E-state index contributed by atoms with van der Waals surface area (Å²) in [5, 5.41) is 32.4. The molecule has 0 radical (unpaired) electrons. The molecule has 234 valence electrons. The Morgan fingerprint density at radius 3 is 2.57 bits per heavy atom. The maximum atomic E-state index is 12.1. The number of unbranched alkanes of at least 4 members (excludes halogenated alkanes) is 2. The van der Waals surface area contributed by atoms with Gasteiger partial charge in [0.1, 0.15) is 11.9 Å². The van der Waals surface area contributed by atoms with E-state index in [2.05, 4.69) is 47.5 Å². The summed E-state index contributed by atoms with van der Waals surface area (Å²) in [4.78, 5) is 33.3. The van der Waals surface area contributed by atoms with Gasteiger partial charge in [-0.3, -0.25) is 0 Å². The fourth-order valence-electron chi connectivity index (χ4n) is 4.35. The molecule has 1 heterocycles. The van der Waals surface area contributed by atoms with Crippen molar-refractivity contribution in [1.29, 1.82) is 0 Å². The van der Waals surface area contributed by atoms with Gasteiger partial charge in [0.2, 0.25) is 0 Å². The number of aromatic nitrogens is 1. The minimum atomic E-state index is -1.23. The van der Waals surface area contributed by atoms with Crippen LogP contribution < -0.4 is 16.0 Å². The van der Waals surface area contributed by atoms with Crippen molar-refractivity contribution >= 4 is 23.7 Å². The summed E-state index contributed by atoms with van der Waals surface area (Å²) in [7, 11) is 0. The van der Waals surface area contributed by atoms with Crippen LogP contribution in [-0.4, -0.2) is 70.0 Å². The first-order chi connectivity index (χ1) is 20.1. The summed E-state index contributed by atoms with van der Waals surface area (Å²) < 4.78 is 0. The van der Waals surface area contributed by atoms with E-state index in [0.717, 1.165) is 50.0 Å². The zero-order chi connectivity index (χ0) is 31.3. The third-order valence-electron chi connectivity index (χ3n) is 6.59. The van der Waals surface area contributed by atoms with Crippen molar-refractivity contribution in [3.05, 3.63) is 66.4 Å². The van der Waals surface area contributed by atoms with Crippen molar-refractivity contribution in [3.63, 3.8) is 0 Å².